The summed E-state index contributed by atoms with van der Waals surface area (Å²) in [6.07, 6.45) is -0.689. The van der Waals surface area contributed by atoms with Gasteiger partial charge in [0.1, 0.15) is 5.60 Å². The van der Waals surface area contributed by atoms with Gasteiger partial charge in [0.15, 0.2) is 0 Å². The molecular weight excluding hydrogens is 444 g/mol. The molecule has 7 heteroatoms. The van der Waals surface area contributed by atoms with Crippen molar-refractivity contribution in [3.63, 3.8) is 0 Å². The number of amides is 3. The molecule has 3 amide bonds. The summed E-state index contributed by atoms with van der Waals surface area (Å²) in [5.74, 6) is 0. The van der Waals surface area contributed by atoms with E-state index in [1.807, 2.05) is 43.3 Å². The SMILES string of the molecule is CC(C)(C)OC(=O)N1C(=O)NC(C)(c2ccc(Br)cc2)C1c1ccc(Cl)cc1. The highest BCUT2D eigenvalue weighted by Gasteiger charge is 2.53. The fourth-order valence-corrected chi connectivity index (χ4v) is 3.77. The van der Waals surface area contributed by atoms with Gasteiger partial charge in [-0.05, 0) is 63.1 Å². The van der Waals surface area contributed by atoms with E-state index in [2.05, 4.69) is 21.2 Å². The predicted molar refractivity (Wildman–Crippen MR) is 112 cm³/mol. The molecule has 1 aliphatic rings. The molecule has 0 radical (unpaired) electrons. The van der Waals surface area contributed by atoms with E-state index in [9.17, 15) is 9.59 Å². The molecule has 5 nitrogen and oxygen atoms in total. The van der Waals surface area contributed by atoms with Crippen LogP contribution in [0.1, 0.15) is 44.9 Å². The zero-order valence-corrected chi connectivity index (χ0v) is 18.5. The highest BCUT2D eigenvalue weighted by Crippen LogP contribution is 2.45. The molecule has 2 aromatic carbocycles. The van der Waals surface area contributed by atoms with Gasteiger partial charge in [0.05, 0.1) is 11.6 Å². The largest absolute Gasteiger partial charge is 0.443 e. The second kappa shape index (κ2) is 7.41. The number of urea groups is 1. The average molecular weight is 466 g/mol. The van der Waals surface area contributed by atoms with E-state index in [0.717, 1.165) is 20.5 Å². The monoisotopic (exact) mass is 464 g/mol. The Balaban J connectivity index is 2.11. The van der Waals surface area contributed by atoms with Crippen molar-refractivity contribution in [1.82, 2.24) is 10.2 Å². The van der Waals surface area contributed by atoms with Crippen molar-refractivity contribution in [2.75, 3.05) is 0 Å². The summed E-state index contributed by atoms with van der Waals surface area (Å²) in [5.41, 5.74) is 0.0789. The van der Waals surface area contributed by atoms with E-state index in [-0.39, 0.29) is 0 Å². The van der Waals surface area contributed by atoms with Crippen molar-refractivity contribution >= 4 is 39.7 Å². The van der Waals surface area contributed by atoms with E-state index in [4.69, 9.17) is 16.3 Å². The number of benzene rings is 2. The summed E-state index contributed by atoms with van der Waals surface area (Å²) < 4.78 is 6.44. The average Bonchev–Trinajstić information content (AvgIpc) is 2.86. The van der Waals surface area contributed by atoms with Gasteiger partial charge in [0.25, 0.3) is 0 Å². The van der Waals surface area contributed by atoms with Crippen molar-refractivity contribution in [1.29, 1.82) is 0 Å². The predicted octanol–water partition coefficient (Wildman–Crippen LogP) is 6.02. The molecule has 0 aromatic heterocycles. The van der Waals surface area contributed by atoms with Gasteiger partial charge in [-0.3, -0.25) is 0 Å². The van der Waals surface area contributed by atoms with Crippen LogP contribution in [0.25, 0.3) is 0 Å². The van der Waals surface area contributed by atoms with Crippen LogP contribution in [0.2, 0.25) is 5.02 Å². The number of nitrogens with zero attached hydrogens (tertiary/aromatic N) is 1. The van der Waals surface area contributed by atoms with Crippen LogP contribution in [0.3, 0.4) is 0 Å². The minimum Gasteiger partial charge on any atom is -0.443 e. The Morgan fingerprint density at radius 2 is 1.71 bits per heavy atom. The first-order valence-corrected chi connectivity index (χ1v) is 10.0. The Labute approximate surface area is 178 Å². The van der Waals surface area contributed by atoms with Crippen LogP contribution in [0.4, 0.5) is 9.59 Å². The number of carbonyl (C=O) groups is 2. The first-order chi connectivity index (χ1) is 13.0. The zero-order chi connectivity index (χ0) is 20.7. The quantitative estimate of drug-likeness (QED) is 0.590. The van der Waals surface area contributed by atoms with Crippen LogP contribution in [0.5, 0.6) is 0 Å². The molecule has 0 spiro atoms. The lowest BCUT2D eigenvalue weighted by Crippen LogP contribution is -2.41. The summed E-state index contributed by atoms with van der Waals surface area (Å²) in [6, 6.07) is 13.7. The van der Waals surface area contributed by atoms with Crippen molar-refractivity contribution < 1.29 is 14.3 Å². The molecule has 3 rings (SSSR count). The molecule has 148 valence electrons. The molecule has 0 bridgehead atoms. The molecule has 2 atom stereocenters. The smallest absolute Gasteiger partial charge is 0.419 e. The third kappa shape index (κ3) is 4.03. The van der Waals surface area contributed by atoms with Gasteiger partial charge in [-0.2, -0.15) is 0 Å². The molecule has 1 N–H and O–H groups in total. The fraction of sp³-hybridized carbons (Fsp3) is 0.333. The van der Waals surface area contributed by atoms with E-state index < -0.39 is 29.3 Å². The molecule has 1 aliphatic heterocycles. The second-order valence-electron chi connectivity index (χ2n) is 7.94. The van der Waals surface area contributed by atoms with Gasteiger partial charge in [-0.25, -0.2) is 14.5 Å². The molecule has 1 saturated heterocycles. The molecule has 2 unspecified atom stereocenters. The van der Waals surface area contributed by atoms with Gasteiger partial charge < -0.3 is 10.1 Å². The maximum absolute atomic E-state index is 12.9. The van der Waals surface area contributed by atoms with Gasteiger partial charge in [-0.15, -0.1) is 0 Å². The van der Waals surface area contributed by atoms with Crippen molar-refractivity contribution in [3.8, 4) is 0 Å². The molecule has 2 aromatic rings. The van der Waals surface area contributed by atoms with Crippen LogP contribution in [-0.4, -0.2) is 22.6 Å². The van der Waals surface area contributed by atoms with Crippen LogP contribution in [0.15, 0.2) is 53.0 Å². The highest BCUT2D eigenvalue weighted by molar-refractivity contribution is 9.10. The Kier molecular flexibility index (Phi) is 5.47. The first kappa shape index (κ1) is 20.7. The summed E-state index contributed by atoms with van der Waals surface area (Å²) in [7, 11) is 0. The van der Waals surface area contributed by atoms with Crippen LogP contribution >= 0.6 is 27.5 Å². The van der Waals surface area contributed by atoms with E-state index in [1.165, 1.54) is 0 Å². The molecule has 28 heavy (non-hydrogen) atoms. The topological polar surface area (TPSA) is 58.6 Å². The van der Waals surface area contributed by atoms with Gasteiger partial charge in [0, 0.05) is 9.50 Å². The normalized spacial score (nSPS) is 22.1. The number of hydrogen-bond acceptors (Lipinski definition) is 3. The molecule has 0 saturated carbocycles. The lowest BCUT2D eigenvalue weighted by molar-refractivity contribution is 0.0263. The molecule has 1 fully saturated rings. The zero-order valence-electron chi connectivity index (χ0n) is 16.1. The number of halogens is 2. The molecular formula is C21H22BrClN2O3. The number of carbonyl (C=O) groups excluding carboxylic acids is 2. The van der Waals surface area contributed by atoms with Gasteiger partial charge >= 0.3 is 12.1 Å². The molecule has 0 aliphatic carbocycles. The number of hydrogen-bond donors (Lipinski definition) is 1. The molecule has 1 heterocycles. The maximum Gasteiger partial charge on any atom is 0.419 e. The van der Waals surface area contributed by atoms with Crippen molar-refractivity contribution in [2.24, 2.45) is 0 Å². The summed E-state index contributed by atoms with van der Waals surface area (Å²) in [4.78, 5) is 26.9. The minimum absolute atomic E-state index is 0.500. The highest BCUT2D eigenvalue weighted by atomic mass is 79.9. The number of nitrogens with one attached hydrogen (secondary N) is 1. The van der Waals surface area contributed by atoms with Crippen LogP contribution in [-0.2, 0) is 10.3 Å². The third-order valence-corrected chi connectivity index (χ3v) is 5.39. The first-order valence-electron chi connectivity index (χ1n) is 8.87. The van der Waals surface area contributed by atoms with E-state index >= 15 is 0 Å². The van der Waals surface area contributed by atoms with Crippen molar-refractivity contribution in [3.05, 3.63) is 69.2 Å². The van der Waals surface area contributed by atoms with E-state index in [1.54, 1.807) is 32.9 Å². The Morgan fingerprint density at radius 3 is 2.25 bits per heavy atom. The number of ether oxygens (including phenoxy) is 1. The number of imide groups is 1. The summed E-state index contributed by atoms with van der Waals surface area (Å²) in [5, 5.41) is 3.56. The lowest BCUT2D eigenvalue weighted by atomic mass is 9.82. The van der Waals surface area contributed by atoms with Crippen LogP contribution < -0.4 is 5.32 Å². The summed E-state index contributed by atoms with van der Waals surface area (Å²) in [6.45, 7) is 7.20. The lowest BCUT2D eigenvalue weighted by Gasteiger charge is -2.34. The second-order valence-corrected chi connectivity index (χ2v) is 9.30. The Morgan fingerprint density at radius 1 is 1.14 bits per heavy atom. The van der Waals surface area contributed by atoms with E-state index in [0.29, 0.717) is 5.02 Å². The Hall–Kier alpha value is -2.05. The fourth-order valence-electron chi connectivity index (χ4n) is 3.38. The van der Waals surface area contributed by atoms with Crippen LogP contribution in [0, 0.1) is 0 Å². The van der Waals surface area contributed by atoms with Gasteiger partial charge in [-0.1, -0.05) is 51.8 Å². The Bertz CT molecular complexity index is 893. The number of rotatable bonds is 2. The summed E-state index contributed by atoms with van der Waals surface area (Å²) >= 11 is 9.48. The van der Waals surface area contributed by atoms with Crippen molar-refractivity contribution in [2.45, 2.75) is 44.9 Å². The van der Waals surface area contributed by atoms with Gasteiger partial charge in [0.2, 0.25) is 0 Å². The minimum atomic E-state index is -0.845. The maximum atomic E-state index is 12.9. The third-order valence-electron chi connectivity index (χ3n) is 4.61. The standard InChI is InChI=1S/C21H22BrClN2O3/c1-20(2,3)28-19(27)25-17(13-5-11-16(23)12-6-13)21(4,24-18(25)26)14-7-9-15(22)10-8-14/h5-12,17H,1-4H3,(H,24,26).